The van der Waals surface area contributed by atoms with Gasteiger partial charge in [0.15, 0.2) is 0 Å². The highest BCUT2D eigenvalue weighted by atomic mass is 16.5. The van der Waals surface area contributed by atoms with Crippen molar-refractivity contribution < 1.29 is 14.6 Å². The van der Waals surface area contributed by atoms with Gasteiger partial charge in [-0.25, -0.2) is 0 Å². The molecule has 0 aliphatic carbocycles. The molecular weight excluding hydrogens is 300 g/mol. The summed E-state index contributed by atoms with van der Waals surface area (Å²) in [6.45, 7) is 0.277. The Labute approximate surface area is 141 Å². The zero-order valence-electron chi connectivity index (χ0n) is 13.2. The molecule has 1 N–H and O–H groups in total. The van der Waals surface area contributed by atoms with E-state index in [1.165, 1.54) is 0 Å². The van der Waals surface area contributed by atoms with Crippen LogP contribution in [-0.2, 0) is 22.6 Å². The summed E-state index contributed by atoms with van der Waals surface area (Å²) in [6.07, 6.45) is 0.203. The Morgan fingerprint density at radius 1 is 0.833 bits per heavy atom. The maximum atomic E-state index is 12.0. The number of benzene rings is 3. The van der Waals surface area contributed by atoms with E-state index in [0.717, 1.165) is 22.3 Å². The van der Waals surface area contributed by atoms with Crippen molar-refractivity contribution in [1.29, 1.82) is 0 Å². The second kappa shape index (κ2) is 7.47. The maximum absolute atomic E-state index is 12.0. The van der Waals surface area contributed by atoms with Gasteiger partial charge in [-0.2, -0.15) is 0 Å². The molecule has 0 saturated heterocycles. The highest BCUT2D eigenvalue weighted by Crippen LogP contribution is 2.29. The van der Waals surface area contributed by atoms with Gasteiger partial charge >= 0.3 is 5.97 Å². The van der Waals surface area contributed by atoms with Gasteiger partial charge in [0.25, 0.3) is 0 Å². The van der Waals surface area contributed by atoms with Crippen molar-refractivity contribution in [3.05, 3.63) is 90.0 Å². The fourth-order valence-electron chi connectivity index (χ4n) is 2.52. The number of hydrogen-bond acceptors (Lipinski definition) is 3. The van der Waals surface area contributed by atoms with E-state index < -0.39 is 0 Å². The van der Waals surface area contributed by atoms with Crippen LogP contribution in [0.25, 0.3) is 11.1 Å². The van der Waals surface area contributed by atoms with Crippen LogP contribution in [0.2, 0.25) is 0 Å². The third kappa shape index (κ3) is 4.02. The van der Waals surface area contributed by atoms with Gasteiger partial charge in [0.1, 0.15) is 12.4 Å². The smallest absolute Gasteiger partial charge is 0.310 e. The molecule has 3 nitrogen and oxygen atoms in total. The van der Waals surface area contributed by atoms with Gasteiger partial charge < -0.3 is 9.84 Å². The zero-order valence-corrected chi connectivity index (χ0v) is 13.2. The van der Waals surface area contributed by atoms with Crippen molar-refractivity contribution in [2.45, 2.75) is 13.0 Å². The highest BCUT2D eigenvalue weighted by Gasteiger charge is 2.08. The molecule has 0 fully saturated rings. The first-order valence-corrected chi connectivity index (χ1v) is 7.79. The number of phenols is 1. The van der Waals surface area contributed by atoms with E-state index in [0.29, 0.717) is 0 Å². The Balaban J connectivity index is 1.66. The first kappa shape index (κ1) is 15.8. The van der Waals surface area contributed by atoms with Gasteiger partial charge in [0.2, 0.25) is 0 Å². The second-order valence-electron chi connectivity index (χ2n) is 5.54. The van der Waals surface area contributed by atoms with Crippen molar-refractivity contribution >= 4 is 5.97 Å². The van der Waals surface area contributed by atoms with Crippen LogP contribution >= 0.6 is 0 Å². The summed E-state index contributed by atoms with van der Waals surface area (Å²) in [4.78, 5) is 12.0. The SMILES string of the molecule is O=C(Cc1cccc(-c2ccccc2O)c1)OCc1ccccc1. The summed E-state index contributed by atoms with van der Waals surface area (Å²) < 4.78 is 5.31. The fourth-order valence-corrected chi connectivity index (χ4v) is 2.52. The van der Waals surface area contributed by atoms with Crippen LogP contribution in [0.4, 0.5) is 0 Å². The number of esters is 1. The fraction of sp³-hybridized carbons (Fsp3) is 0.0952. The molecule has 24 heavy (non-hydrogen) atoms. The lowest BCUT2D eigenvalue weighted by atomic mass is 10.0. The van der Waals surface area contributed by atoms with E-state index in [9.17, 15) is 9.90 Å². The first-order chi connectivity index (χ1) is 11.7. The van der Waals surface area contributed by atoms with Crippen molar-refractivity contribution in [3.63, 3.8) is 0 Å². The molecule has 0 aliphatic heterocycles. The third-order valence-corrected chi connectivity index (χ3v) is 3.73. The number of rotatable bonds is 5. The van der Waals surface area contributed by atoms with Crippen LogP contribution < -0.4 is 0 Å². The minimum atomic E-state index is -0.270. The summed E-state index contributed by atoms with van der Waals surface area (Å²) >= 11 is 0. The van der Waals surface area contributed by atoms with Crippen LogP contribution in [0, 0.1) is 0 Å². The van der Waals surface area contributed by atoms with Crippen molar-refractivity contribution in [2.24, 2.45) is 0 Å². The molecule has 0 radical (unpaired) electrons. The van der Waals surface area contributed by atoms with Crippen LogP contribution in [0.1, 0.15) is 11.1 Å². The molecule has 0 bridgehead atoms. The summed E-state index contributed by atoms with van der Waals surface area (Å²) in [5.74, 6) is -0.0467. The van der Waals surface area contributed by atoms with E-state index in [1.54, 1.807) is 12.1 Å². The molecule has 3 aromatic rings. The summed E-state index contributed by atoms with van der Waals surface area (Å²) in [7, 11) is 0. The Morgan fingerprint density at radius 2 is 1.54 bits per heavy atom. The predicted octanol–water partition coefficient (Wildman–Crippen LogP) is 4.35. The molecule has 0 amide bonds. The summed E-state index contributed by atoms with van der Waals surface area (Å²) in [5.41, 5.74) is 3.45. The van der Waals surface area contributed by atoms with E-state index in [1.807, 2.05) is 66.7 Å². The lowest BCUT2D eigenvalue weighted by Crippen LogP contribution is -2.08. The molecule has 0 heterocycles. The Bertz CT molecular complexity index is 825. The molecule has 3 aromatic carbocycles. The van der Waals surface area contributed by atoms with Gasteiger partial charge in [-0.05, 0) is 22.8 Å². The van der Waals surface area contributed by atoms with Gasteiger partial charge in [0, 0.05) is 5.56 Å². The molecular formula is C21H18O3. The number of phenolic OH excluding ortho intramolecular Hbond substituents is 1. The number of carbonyl (C=O) groups excluding carboxylic acids is 1. The molecule has 0 unspecified atom stereocenters. The summed E-state index contributed by atoms with van der Waals surface area (Å²) in [5, 5.41) is 9.96. The minimum Gasteiger partial charge on any atom is -0.507 e. The Hall–Kier alpha value is -3.07. The topological polar surface area (TPSA) is 46.5 Å². The van der Waals surface area contributed by atoms with Gasteiger partial charge in [0.05, 0.1) is 6.42 Å². The monoisotopic (exact) mass is 318 g/mol. The maximum Gasteiger partial charge on any atom is 0.310 e. The largest absolute Gasteiger partial charge is 0.507 e. The summed E-state index contributed by atoms with van der Waals surface area (Å²) in [6, 6.07) is 24.3. The van der Waals surface area contributed by atoms with Gasteiger partial charge in [-0.15, -0.1) is 0 Å². The van der Waals surface area contributed by atoms with E-state index in [-0.39, 0.29) is 24.7 Å². The molecule has 0 saturated carbocycles. The Kier molecular flexibility index (Phi) is 4.92. The molecule has 3 rings (SSSR count). The molecule has 3 heteroatoms. The van der Waals surface area contributed by atoms with Crippen LogP contribution in [0.15, 0.2) is 78.9 Å². The van der Waals surface area contributed by atoms with Crippen molar-refractivity contribution in [1.82, 2.24) is 0 Å². The molecule has 0 spiro atoms. The number of ether oxygens (including phenoxy) is 1. The molecule has 0 aliphatic rings. The minimum absolute atomic E-state index is 0.203. The quantitative estimate of drug-likeness (QED) is 0.712. The number of para-hydroxylation sites is 1. The number of aromatic hydroxyl groups is 1. The average molecular weight is 318 g/mol. The Morgan fingerprint density at radius 3 is 2.33 bits per heavy atom. The highest BCUT2D eigenvalue weighted by molar-refractivity contribution is 5.75. The van der Waals surface area contributed by atoms with Gasteiger partial charge in [-0.1, -0.05) is 72.8 Å². The molecule has 120 valence electrons. The van der Waals surface area contributed by atoms with E-state index in [4.69, 9.17) is 4.74 Å². The van der Waals surface area contributed by atoms with Crippen LogP contribution in [0.5, 0.6) is 5.75 Å². The zero-order chi connectivity index (χ0) is 16.8. The van der Waals surface area contributed by atoms with Crippen LogP contribution in [0.3, 0.4) is 0 Å². The standard InChI is InChI=1S/C21H18O3/c22-20-12-5-4-11-19(20)18-10-6-9-17(13-18)14-21(23)24-15-16-7-2-1-3-8-16/h1-13,22H,14-15H2. The average Bonchev–Trinajstić information content (AvgIpc) is 2.61. The normalized spacial score (nSPS) is 10.3. The number of hydrogen-bond donors (Lipinski definition) is 1. The predicted molar refractivity (Wildman–Crippen MR) is 93.5 cm³/mol. The molecule has 0 atom stereocenters. The lowest BCUT2D eigenvalue weighted by Gasteiger charge is -2.08. The first-order valence-electron chi connectivity index (χ1n) is 7.79. The van der Waals surface area contributed by atoms with Crippen molar-refractivity contribution in [2.75, 3.05) is 0 Å². The van der Waals surface area contributed by atoms with Crippen LogP contribution in [-0.4, -0.2) is 11.1 Å². The van der Waals surface area contributed by atoms with E-state index in [2.05, 4.69) is 0 Å². The third-order valence-electron chi connectivity index (χ3n) is 3.73. The molecule has 0 aromatic heterocycles. The lowest BCUT2D eigenvalue weighted by molar-refractivity contribution is -0.144. The van der Waals surface area contributed by atoms with Crippen molar-refractivity contribution in [3.8, 4) is 16.9 Å². The van der Waals surface area contributed by atoms with Gasteiger partial charge in [-0.3, -0.25) is 4.79 Å². The van der Waals surface area contributed by atoms with E-state index >= 15 is 0 Å². The second-order valence-corrected chi connectivity index (χ2v) is 5.54. The number of carbonyl (C=O) groups is 1.